The molecular formula is C19H27N3O6S. The molecule has 1 aliphatic rings. The van der Waals surface area contributed by atoms with Gasteiger partial charge in [0, 0.05) is 12.6 Å². The minimum absolute atomic E-state index is 0.0144. The third kappa shape index (κ3) is 6.82. The molecule has 3 amide bonds. The average molecular weight is 426 g/mol. The molecule has 0 saturated heterocycles. The summed E-state index contributed by atoms with van der Waals surface area (Å²) in [4.78, 5) is 36.2. The van der Waals surface area contributed by atoms with E-state index >= 15 is 0 Å². The monoisotopic (exact) mass is 425 g/mol. The van der Waals surface area contributed by atoms with Crippen LogP contribution in [0.2, 0.25) is 0 Å². The lowest BCUT2D eigenvalue weighted by Gasteiger charge is -2.15. The number of ether oxygens (including phenoxy) is 1. The molecule has 1 atom stereocenters. The lowest BCUT2D eigenvalue weighted by molar-refractivity contribution is -0.127. The summed E-state index contributed by atoms with van der Waals surface area (Å²) in [6, 6.07) is 4.76. The molecule has 0 unspecified atom stereocenters. The number of sulfonamides is 1. The standard InChI is InChI=1S/C19H27N3O6S/c1-3-11-20-29(26,27)16-10-6-7-14(12-16)18(24)28-13(2)17(23)22-19(25)21-15-8-4-5-9-15/h6-7,10,12-13,15,20H,3-5,8-9,11H2,1-2H3,(H2,21,22,23,25)/t13-/m0/s1. The van der Waals surface area contributed by atoms with E-state index in [0.29, 0.717) is 6.42 Å². The van der Waals surface area contributed by atoms with E-state index in [0.717, 1.165) is 25.7 Å². The van der Waals surface area contributed by atoms with E-state index in [1.807, 2.05) is 6.92 Å². The number of hydrogen-bond donors (Lipinski definition) is 3. The van der Waals surface area contributed by atoms with Crippen LogP contribution in [0.1, 0.15) is 56.3 Å². The molecule has 3 N–H and O–H groups in total. The highest BCUT2D eigenvalue weighted by atomic mass is 32.2. The minimum atomic E-state index is -3.74. The van der Waals surface area contributed by atoms with Gasteiger partial charge in [-0.1, -0.05) is 25.8 Å². The lowest BCUT2D eigenvalue weighted by Crippen LogP contribution is -2.47. The first-order valence-electron chi connectivity index (χ1n) is 9.65. The van der Waals surface area contributed by atoms with Crippen LogP contribution in [-0.4, -0.2) is 45.0 Å². The van der Waals surface area contributed by atoms with Gasteiger partial charge in [-0.05, 0) is 44.4 Å². The molecule has 0 spiro atoms. The number of benzene rings is 1. The van der Waals surface area contributed by atoms with E-state index in [1.165, 1.54) is 31.2 Å². The van der Waals surface area contributed by atoms with Crippen LogP contribution in [0.3, 0.4) is 0 Å². The van der Waals surface area contributed by atoms with Crippen molar-refractivity contribution in [3.8, 4) is 0 Å². The number of hydrogen-bond acceptors (Lipinski definition) is 6. The van der Waals surface area contributed by atoms with Crippen molar-refractivity contribution in [2.45, 2.75) is 63.0 Å². The van der Waals surface area contributed by atoms with Gasteiger partial charge in [0.1, 0.15) is 0 Å². The van der Waals surface area contributed by atoms with Gasteiger partial charge in [0.2, 0.25) is 10.0 Å². The second-order valence-corrected chi connectivity index (χ2v) is 8.68. The van der Waals surface area contributed by atoms with Crippen LogP contribution in [0, 0.1) is 0 Å². The Labute approximate surface area is 170 Å². The molecule has 0 radical (unpaired) electrons. The molecule has 160 valence electrons. The van der Waals surface area contributed by atoms with Gasteiger partial charge in [0.05, 0.1) is 10.5 Å². The van der Waals surface area contributed by atoms with Crippen LogP contribution in [0.15, 0.2) is 29.2 Å². The van der Waals surface area contributed by atoms with Gasteiger partial charge >= 0.3 is 12.0 Å². The zero-order valence-corrected chi connectivity index (χ0v) is 17.4. The molecule has 2 rings (SSSR count). The molecule has 0 aliphatic heterocycles. The number of carbonyl (C=O) groups is 3. The van der Waals surface area contributed by atoms with Crippen molar-refractivity contribution in [3.05, 3.63) is 29.8 Å². The fourth-order valence-electron chi connectivity index (χ4n) is 2.90. The second kappa shape index (κ2) is 10.4. The Morgan fingerprint density at radius 3 is 2.55 bits per heavy atom. The third-order valence-corrected chi connectivity index (χ3v) is 5.96. The van der Waals surface area contributed by atoms with Crippen molar-refractivity contribution >= 4 is 27.9 Å². The first-order chi connectivity index (χ1) is 13.7. The van der Waals surface area contributed by atoms with E-state index < -0.39 is 34.0 Å². The van der Waals surface area contributed by atoms with Gasteiger partial charge in [-0.15, -0.1) is 0 Å². The Morgan fingerprint density at radius 2 is 1.90 bits per heavy atom. The fraction of sp³-hybridized carbons (Fsp3) is 0.526. The normalized spacial score (nSPS) is 15.5. The Hall–Kier alpha value is -2.46. The van der Waals surface area contributed by atoms with Gasteiger partial charge in [-0.25, -0.2) is 22.7 Å². The summed E-state index contributed by atoms with van der Waals surface area (Å²) in [5, 5.41) is 4.86. The molecule has 29 heavy (non-hydrogen) atoms. The first-order valence-corrected chi connectivity index (χ1v) is 11.1. The topological polar surface area (TPSA) is 131 Å². The molecule has 1 fully saturated rings. The zero-order valence-electron chi connectivity index (χ0n) is 16.6. The smallest absolute Gasteiger partial charge is 0.338 e. The van der Waals surface area contributed by atoms with Crippen LogP contribution < -0.4 is 15.4 Å². The molecule has 1 saturated carbocycles. The largest absolute Gasteiger partial charge is 0.449 e. The van der Waals surface area contributed by atoms with Crippen molar-refractivity contribution < 1.29 is 27.5 Å². The highest BCUT2D eigenvalue weighted by Crippen LogP contribution is 2.17. The molecule has 1 aromatic carbocycles. The van der Waals surface area contributed by atoms with Gasteiger partial charge in [-0.2, -0.15) is 0 Å². The summed E-state index contributed by atoms with van der Waals surface area (Å²) in [5.74, 6) is -1.63. The number of esters is 1. The number of imide groups is 1. The Morgan fingerprint density at radius 1 is 1.21 bits per heavy atom. The van der Waals surface area contributed by atoms with E-state index in [9.17, 15) is 22.8 Å². The van der Waals surface area contributed by atoms with Crippen molar-refractivity contribution in [3.63, 3.8) is 0 Å². The maximum atomic E-state index is 12.3. The van der Waals surface area contributed by atoms with Gasteiger partial charge in [-0.3, -0.25) is 10.1 Å². The molecule has 0 aromatic heterocycles. The van der Waals surface area contributed by atoms with Crippen LogP contribution >= 0.6 is 0 Å². The molecule has 0 heterocycles. The maximum absolute atomic E-state index is 12.3. The fourth-order valence-corrected chi connectivity index (χ4v) is 4.08. The predicted octanol–water partition coefficient (Wildman–Crippen LogP) is 1.69. The van der Waals surface area contributed by atoms with Crippen LogP contribution in [0.25, 0.3) is 0 Å². The number of carbonyl (C=O) groups excluding carboxylic acids is 3. The molecule has 9 nitrogen and oxygen atoms in total. The van der Waals surface area contributed by atoms with Crippen molar-refractivity contribution in [1.82, 2.24) is 15.4 Å². The van der Waals surface area contributed by atoms with E-state index in [1.54, 1.807) is 0 Å². The summed E-state index contributed by atoms with van der Waals surface area (Å²) < 4.78 is 31.9. The van der Waals surface area contributed by atoms with Gasteiger partial charge in [0.15, 0.2) is 6.10 Å². The van der Waals surface area contributed by atoms with E-state index in [4.69, 9.17) is 4.74 Å². The molecular weight excluding hydrogens is 398 g/mol. The quantitative estimate of drug-likeness (QED) is 0.543. The zero-order chi connectivity index (χ0) is 21.4. The summed E-state index contributed by atoms with van der Waals surface area (Å²) in [6.07, 6.45) is 3.22. The van der Waals surface area contributed by atoms with E-state index in [2.05, 4.69) is 15.4 Å². The maximum Gasteiger partial charge on any atom is 0.338 e. The van der Waals surface area contributed by atoms with Crippen molar-refractivity contribution in [1.29, 1.82) is 0 Å². The average Bonchev–Trinajstić information content (AvgIpc) is 3.19. The van der Waals surface area contributed by atoms with Crippen LogP contribution in [0.5, 0.6) is 0 Å². The Balaban J connectivity index is 1.93. The summed E-state index contributed by atoms with van der Waals surface area (Å²) >= 11 is 0. The number of amides is 3. The van der Waals surface area contributed by atoms with Crippen LogP contribution in [-0.2, 0) is 19.6 Å². The highest BCUT2D eigenvalue weighted by molar-refractivity contribution is 7.89. The van der Waals surface area contributed by atoms with Crippen molar-refractivity contribution in [2.75, 3.05) is 6.54 Å². The summed E-state index contributed by atoms with van der Waals surface area (Å²) in [7, 11) is -3.74. The van der Waals surface area contributed by atoms with Crippen molar-refractivity contribution in [2.24, 2.45) is 0 Å². The molecule has 1 aliphatic carbocycles. The lowest BCUT2D eigenvalue weighted by atomic mass is 10.2. The van der Waals surface area contributed by atoms with Gasteiger partial charge in [0.25, 0.3) is 5.91 Å². The summed E-state index contributed by atoms with van der Waals surface area (Å²) in [6.45, 7) is 3.44. The second-order valence-electron chi connectivity index (χ2n) is 6.92. The number of rotatable bonds is 8. The predicted molar refractivity (Wildman–Crippen MR) is 106 cm³/mol. The Kier molecular flexibility index (Phi) is 8.15. The van der Waals surface area contributed by atoms with Gasteiger partial charge < -0.3 is 10.1 Å². The molecule has 0 bridgehead atoms. The SMILES string of the molecule is CCCNS(=O)(=O)c1cccc(C(=O)O[C@@H](C)C(=O)NC(=O)NC2CCCC2)c1. The van der Waals surface area contributed by atoms with Crippen LogP contribution in [0.4, 0.5) is 4.79 Å². The first kappa shape index (κ1) is 22.8. The van der Waals surface area contributed by atoms with E-state index in [-0.39, 0.29) is 23.0 Å². The Bertz CT molecular complexity index is 849. The number of nitrogens with one attached hydrogen (secondary N) is 3. The highest BCUT2D eigenvalue weighted by Gasteiger charge is 2.24. The molecule has 10 heteroatoms. The third-order valence-electron chi connectivity index (χ3n) is 4.50. The minimum Gasteiger partial charge on any atom is -0.449 e. The molecule has 1 aromatic rings. The summed E-state index contributed by atoms with van der Waals surface area (Å²) in [5.41, 5.74) is -0.0144. The number of urea groups is 1.